The highest BCUT2D eigenvalue weighted by molar-refractivity contribution is 7.98. The molecular formula is C15H15N5O3S2. The third-order valence-corrected chi connectivity index (χ3v) is 5.02. The number of hydrogen-bond acceptors (Lipinski definition) is 7. The van der Waals surface area contributed by atoms with Crippen molar-refractivity contribution in [3.63, 3.8) is 0 Å². The maximum absolute atomic E-state index is 12.2. The largest absolute Gasteiger partial charge is 0.455 e. The Morgan fingerprint density at radius 2 is 2.28 bits per heavy atom. The van der Waals surface area contributed by atoms with E-state index in [1.165, 1.54) is 23.1 Å². The lowest BCUT2D eigenvalue weighted by Gasteiger charge is -2.00. The molecule has 0 unspecified atom stereocenters. The molecule has 0 aliphatic rings. The summed E-state index contributed by atoms with van der Waals surface area (Å²) in [6.45, 7) is 0. The van der Waals surface area contributed by atoms with E-state index in [4.69, 9.17) is 10.2 Å². The first-order chi connectivity index (χ1) is 12.0. The van der Waals surface area contributed by atoms with E-state index in [0.717, 1.165) is 5.16 Å². The van der Waals surface area contributed by atoms with Crippen molar-refractivity contribution >= 4 is 40.0 Å². The predicted octanol–water partition coefficient (Wildman–Crippen LogP) is 2.04. The van der Waals surface area contributed by atoms with E-state index in [9.17, 15) is 9.59 Å². The summed E-state index contributed by atoms with van der Waals surface area (Å²) < 4.78 is 7.47. The number of thiazole rings is 1. The normalized spacial score (nSPS) is 10.8. The summed E-state index contributed by atoms with van der Waals surface area (Å²) >= 11 is 2.74. The smallest absolute Gasteiger partial charge is 0.293 e. The molecule has 3 N–H and O–H groups in total. The van der Waals surface area contributed by atoms with E-state index in [1.807, 2.05) is 17.8 Å². The molecule has 0 fully saturated rings. The fraction of sp³-hybridized carbons (Fsp3) is 0.200. The number of rotatable bonds is 7. The molecule has 0 saturated carbocycles. The van der Waals surface area contributed by atoms with Crippen LogP contribution in [0.5, 0.6) is 0 Å². The lowest BCUT2D eigenvalue weighted by atomic mass is 10.3. The summed E-state index contributed by atoms with van der Waals surface area (Å²) in [7, 11) is 1.91. The molecule has 3 aromatic heterocycles. The standard InChI is InChI=1S/C15H15N5O3S2/c1-20-5-4-17-15(20)25-8-10-2-3-11(23-10)13(22)19-14-18-9(7-24-14)6-12(16)21/h2-5,7H,6,8H2,1H3,(H2,16,21)(H,18,19,22). The molecule has 3 heterocycles. The van der Waals surface area contributed by atoms with Gasteiger partial charge < -0.3 is 14.7 Å². The molecule has 3 aromatic rings. The van der Waals surface area contributed by atoms with Gasteiger partial charge in [0.05, 0.1) is 17.9 Å². The fourth-order valence-electron chi connectivity index (χ4n) is 1.99. The van der Waals surface area contributed by atoms with Crippen LogP contribution in [-0.2, 0) is 24.0 Å². The third-order valence-electron chi connectivity index (χ3n) is 3.13. The monoisotopic (exact) mass is 377 g/mol. The van der Waals surface area contributed by atoms with Gasteiger partial charge >= 0.3 is 0 Å². The van der Waals surface area contributed by atoms with Crippen molar-refractivity contribution < 1.29 is 14.0 Å². The summed E-state index contributed by atoms with van der Waals surface area (Å²) in [6, 6.07) is 3.37. The van der Waals surface area contributed by atoms with Crippen molar-refractivity contribution in [3.05, 3.63) is 47.1 Å². The molecule has 0 aromatic carbocycles. The summed E-state index contributed by atoms with van der Waals surface area (Å²) in [6.07, 6.45) is 3.63. The zero-order valence-corrected chi connectivity index (χ0v) is 14.9. The number of aromatic nitrogens is 3. The highest BCUT2D eigenvalue weighted by Crippen LogP contribution is 2.23. The van der Waals surface area contributed by atoms with Gasteiger partial charge in [-0.1, -0.05) is 11.8 Å². The van der Waals surface area contributed by atoms with Crippen LogP contribution in [0.4, 0.5) is 5.13 Å². The second kappa shape index (κ2) is 7.53. The molecule has 3 rings (SSSR count). The number of aryl methyl sites for hydroxylation is 1. The maximum atomic E-state index is 12.2. The average Bonchev–Trinajstić information content (AvgIpc) is 3.27. The van der Waals surface area contributed by atoms with Crippen molar-refractivity contribution in [2.45, 2.75) is 17.3 Å². The Hall–Kier alpha value is -2.59. The number of hydrogen-bond donors (Lipinski definition) is 2. The van der Waals surface area contributed by atoms with Crippen molar-refractivity contribution in [1.29, 1.82) is 0 Å². The molecule has 2 amide bonds. The van der Waals surface area contributed by atoms with Crippen LogP contribution in [0.3, 0.4) is 0 Å². The molecule has 0 atom stereocenters. The summed E-state index contributed by atoms with van der Waals surface area (Å²) in [5.74, 6) is 0.573. The van der Waals surface area contributed by atoms with Gasteiger partial charge in [0.25, 0.3) is 5.91 Å². The molecule has 130 valence electrons. The zero-order chi connectivity index (χ0) is 17.8. The maximum Gasteiger partial charge on any atom is 0.293 e. The van der Waals surface area contributed by atoms with Gasteiger partial charge in [-0.2, -0.15) is 0 Å². The number of carbonyl (C=O) groups excluding carboxylic acids is 2. The molecule has 0 radical (unpaired) electrons. The lowest BCUT2D eigenvalue weighted by molar-refractivity contribution is -0.117. The van der Waals surface area contributed by atoms with Crippen LogP contribution < -0.4 is 11.1 Å². The van der Waals surface area contributed by atoms with Gasteiger partial charge in [0.15, 0.2) is 16.0 Å². The van der Waals surface area contributed by atoms with Gasteiger partial charge in [0, 0.05) is 24.8 Å². The first-order valence-electron chi connectivity index (χ1n) is 7.24. The highest BCUT2D eigenvalue weighted by Gasteiger charge is 2.14. The molecule has 8 nitrogen and oxygen atoms in total. The van der Waals surface area contributed by atoms with E-state index in [1.54, 1.807) is 23.7 Å². The number of imidazole rings is 1. The van der Waals surface area contributed by atoms with Gasteiger partial charge in [0.2, 0.25) is 5.91 Å². The number of amides is 2. The highest BCUT2D eigenvalue weighted by atomic mass is 32.2. The number of thioether (sulfide) groups is 1. The SMILES string of the molecule is Cn1ccnc1SCc1ccc(C(=O)Nc2nc(CC(N)=O)cs2)o1. The van der Waals surface area contributed by atoms with E-state index in [-0.39, 0.29) is 12.2 Å². The molecule has 0 spiro atoms. The van der Waals surface area contributed by atoms with Crippen molar-refractivity contribution in [1.82, 2.24) is 14.5 Å². The van der Waals surface area contributed by atoms with Gasteiger partial charge in [0.1, 0.15) is 5.76 Å². The molecular weight excluding hydrogens is 362 g/mol. The molecule has 0 aliphatic heterocycles. The first-order valence-corrected chi connectivity index (χ1v) is 9.10. The second-order valence-corrected chi connectivity index (χ2v) is 6.92. The topological polar surface area (TPSA) is 116 Å². The molecule has 25 heavy (non-hydrogen) atoms. The van der Waals surface area contributed by atoms with Crippen LogP contribution in [-0.4, -0.2) is 26.3 Å². The van der Waals surface area contributed by atoms with Crippen molar-refractivity contribution in [3.8, 4) is 0 Å². The van der Waals surface area contributed by atoms with Gasteiger partial charge in [-0.05, 0) is 12.1 Å². The van der Waals surface area contributed by atoms with Crippen LogP contribution in [0.1, 0.15) is 22.0 Å². The van der Waals surface area contributed by atoms with E-state index < -0.39 is 11.8 Å². The van der Waals surface area contributed by atoms with E-state index >= 15 is 0 Å². The lowest BCUT2D eigenvalue weighted by Crippen LogP contribution is -2.14. The Morgan fingerprint density at radius 3 is 3.00 bits per heavy atom. The summed E-state index contributed by atoms with van der Waals surface area (Å²) in [5.41, 5.74) is 5.64. The Kier molecular flexibility index (Phi) is 5.19. The number of anilines is 1. The van der Waals surface area contributed by atoms with Crippen molar-refractivity contribution in [2.24, 2.45) is 12.8 Å². The number of carbonyl (C=O) groups is 2. The molecule has 10 heteroatoms. The van der Waals surface area contributed by atoms with Gasteiger partial charge in [-0.15, -0.1) is 11.3 Å². The Bertz CT molecular complexity index is 899. The van der Waals surface area contributed by atoms with E-state index in [2.05, 4.69) is 15.3 Å². The minimum absolute atomic E-state index is 0.0433. The quantitative estimate of drug-likeness (QED) is 0.609. The average molecular weight is 377 g/mol. The first kappa shape index (κ1) is 17.2. The third kappa shape index (κ3) is 4.48. The molecule has 0 bridgehead atoms. The van der Waals surface area contributed by atoms with Crippen LogP contribution in [0.2, 0.25) is 0 Å². The molecule has 0 saturated heterocycles. The number of primary amides is 1. The minimum atomic E-state index is -0.468. The number of furan rings is 1. The summed E-state index contributed by atoms with van der Waals surface area (Å²) in [5, 5.41) is 5.58. The predicted molar refractivity (Wildman–Crippen MR) is 94.4 cm³/mol. The van der Waals surface area contributed by atoms with Crippen LogP contribution in [0.25, 0.3) is 0 Å². The number of nitrogens with two attached hydrogens (primary N) is 1. The van der Waals surface area contributed by atoms with Crippen LogP contribution in [0.15, 0.2) is 39.5 Å². The molecule has 0 aliphatic carbocycles. The Labute approximate surface area is 151 Å². The second-order valence-electron chi connectivity index (χ2n) is 5.12. The summed E-state index contributed by atoms with van der Waals surface area (Å²) in [4.78, 5) is 31.4. The van der Waals surface area contributed by atoms with Gasteiger partial charge in [-0.3, -0.25) is 14.9 Å². The Morgan fingerprint density at radius 1 is 1.44 bits per heavy atom. The number of nitrogens with zero attached hydrogens (tertiary/aromatic N) is 3. The number of nitrogens with one attached hydrogen (secondary N) is 1. The minimum Gasteiger partial charge on any atom is -0.455 e. The van der Waals surface area contributed by atoms with Crippen LogP contribution in [0, 0.1) is 0 Å². The van der Waals surface area contributed by atoms with E-state index in [0.29, 0.717) is 22.3 Å². The Balaban J connectivity index is 1.57. The zero-order valence-electron chi connectivity index (χ0n) is 13.3. The van der Waals surface area contributed by atoms with Gasteiger partial charge in [-0.25, -0.2) is 9.97 Å². The van der Waals surface area contributed by atoms with Crippen molar-refractivity contribution in [2.75, 3.05) is 5.32 Å². The fourth-order valence-corrected chi connectivity index (χ4v) is 3.52. The van der Waals surface area contributed by atoms with Crippen LogP contribution >= 0.6 is 23.1 Å².